The minimum Gasteiger partial charge on any atom is -0.382 e. The molecule has 5 nitrogen and oxygen atoms in total. The molecule has 0 spiro atoms. The normalized spacial score (nSPS) is 15.7. The van der Waals surface area contributed by atoms with Crippen LogP contribution in [0.1, 0.15) is 32.3 Å². The predicted molar refractivity (Wildman–Crippen MR) is 84.4 cm³/mol. The van der Waals surface area contributed by atoms with Gasteiger partial charge >= 0.3 is 0 Å². The Kier molecular flexibility index (Phi) is 4.83. The van der Waals surface area contributed by atoms with E-state index in [1.165, 1.54) is 6.92 Å². The SMILES string of the molecule is CC(=O)Nc1cc(NC2CCN(C(C)=O)CC2)ccc1C. The molecule has 2 rings (SSSR count). The molecule has 1 saturated heterocycles. The molecule has 1 fully saturated rings. The summed E-state index contributed by atoms with van der Waals surface area (Å²) < 4.78 is 0. The van der Waals surface area contributed by atoms with Gasteiger partial charge in [-0.1, -0.05) is 6.07 Å². The van der Waals surface area contributed by atoms with Gasteiger partial charge in [0.2, 0.25) is 11.8 Å². The molecule has 1 aromatic rings. The Hall–Kier alpha value is -2.04. The zero-order valence-electron chi connectivity index (χ0n) is 12.9. The lowest BCUT2D eigenvalue weighted by Gasteiger charge is -2.32. The molecule has 0 saturated carbocycles. The van der Waals surface area contributed by atoms with Crippen molar-refractivity contribution >= 4 is 23.2 Å². The van der Waals surface area contributed by atoms with Crippen molar-refractivity contribution in [3.05, 3.63) is 23.8 Å². The second-order valence-corrected chi connectivity index (χ2v) is 5.64. The van der Waals surface area contributed by atoms with Gasteiger partial charge in [0, 0.05) is 44.4 Å². The summed E-state index contributed by atoms with van der Waals surface area (Å²) in [5, 5.41) is 6.33. The highest BCUT2D eigenvalue weighted by molar-refractivity contribution is 5.90. The highest BCUT2D eigenvalue weighted by Crippen LogP contribution is 2.23. The number of rotatable bonds is 3. The topological polar surface area (TPSA) is 61.4 Å². The molecule has 0 unspecified atom stereocenters. The molecule has 1 heterocycles. The molecule has 21 heavy (non-hydrogen) atoms. The Morgan fingerprint density at radius 1 is 1.19 bits per heavy atom. The van der Waals surface area contributed by atoms with E-state index in [2.05, 4.69) is 10.6 Å². The Labute approximate surface area is 125 Å². The fraction of sp³-hybridized carbons (Fsp3) is 0.500. The number of carbonyl (C=O) groups is 2. The first-order chi connectivity index (χ1) is 9.95. The van der Waals surface area contributed by atoms with Crippen molar-refractivity contribution in [2.24, 2.45) is 0 Å². The van der Waals surface area contributed by atoms with Gasteiger partial charge in [-0.15, -0.1) is 0 Å². The molecule has 1 aliphatic rings. The van der Waals surface area contributed by atoms with Crippen LogP contribution in [0, 0.1) is 6.92 Å². The van der Waals surface area contributed by atoms with Gasteiger partial charge < -0.3 is 15.5 Å². The monoisotopic (exact) mass is 289 g/mol. The highest BCUT2D eigenvalue weighted by Gasteiger charge is 2.20. The zero-order chi connectivity index (χ0) is 15.4. The van der Waals surface area contributed by atoms with Gasteiger partial charge in [0.05, 0.1) is 0 Å². The number of carbonyl (C=O) groups excluding carboxylic acids is 2. The number of hydrogen-bond donors (Lipinski definition) is 2. The Morgan fingerprint density at radius 3 is 2.43 bits per heavy atom. The van der Waals surface area contributed by atoms with E-state index in [1.807, 2.05) is 30.0 Å². The summed E-state index contributed by atoms with van der Waals surface area (Å²) in [6.07, 6.45) is 1.89. The Morgan fingerprint density at radius 2 is 1.86 bits per heavy atom. The van der Waals surface area contributed by atoms with E-state index >= 15 is 0 Å². The van der Waals surface area contributed by atoms with E-state index in [-0.39, 0.29) is 11.8 Å². The average molecular weight is 289 g/mol. The quantitative estimate of drug-likeness (QED) is 0.898. The molecule has 2 amide bonds. The van der Waals surface area contributed by atoms with E-state index < -0.39 is 0 Å². The minimum atomic E-state index is -0.0648. The molecule has 0 aliphatic carbocycles. The maximum Gasteiger partial charge on any atom is 0.221 e. The smallest absolute Gasteiger partial charge is 0.221 e. The standard InChI is InChI=1S/C16H23N3O2/c1-11-4-5-15(10-16(11)17-12(2)20)18-14-6-8-19(9-7-14)13(3)21/h4-5,10,14,18H,6-9H2,1-3H3,(H,17,20). The number of amides is 2. The van der Waals surface area contributed by atoms with Crippen molar-refractivity contribution in [3.8, 4) is 0 Å². The third kappa shape index (κ3) is 4.21. The summed E-state index contributed by atoms with van der Waals surface area (Å²) in [6.45, 7) is 6.71. The van der Waals surface area contributed by atoms with Crippen LogP contribution in [-0.4, -0.2) is 35.8 Å². The van der Waals surface area contributed by atoms with Gasteiger partial charge in [-0.25, -0.2) is 0 Å². The van der Waals surface area contributed by atoms with Gasteiger partial charge in [0.1, 0.15) is 0 Å². The lowest BCUT2D eigenvalue weighted by molar-refractivity contribution is -0.129. The van der Waals surface area contributed by atoms with Crippen LogP contribution in [0.15, 0.2) is 18.2 Å². The highest BCUT2D eigenvalue weighted by atomic mass is 16.2. The van der Waals surface area contributed by atoms with Gasteiger partial charge in [0.25, 0.3) is 0 Å². The third-order valence-electron chi connectivity index (χ3n) is 3.86. The number of nitrogens with one attached hydrogen (secondary N) is 2. The van der Waals surface area contributed by atoms with E-state index in [4.69, 9.17) is 0 Å². The van der Waals surface area contributed by atoms with Gasteiger partial charge in [0.15, 0.2) is 0 Å². The predicted octanol–water partition coefficient (Wildman–Crippen LogP) is 2.38. The van der Waals surface area contributed by atoms with Crippen LogP contribution in [0.5, 0.6) is 0 Å². The first-order valence-corrected chi connectivity index (χ1v) is 7.36. The number of anilines is 2. The van der Waals surface area contributed by atoms with Gasteiger partial charge in [-0.05, 0) is 37.5 Å². The summed E-state index contributed by atoms with van der Waals surface area (Å²) in [5.41, 5.74) is 2.89. The number of nitrogens with zero attached hydrogens (tertiary/aromatic N) is 1. The molecule has 0 bridgehead atoms. The maximum atomic E-state index is 11.3. The van der Waals surface area contributed by atoms with Crippen molar-refractivity contribution < 1.29 is 9.59 Å². The molecule has 1 aliphatic heterocycles. The molecule has 0 radical (unpaired) electrons. The summed E-state index contributed by atoms with van der Waals surface area (Å²) >= 11 is 0. The van der Waals surface area contributed by atoms with Crippen LogP contribution >= 0.6 is 0 Å². The first-order valence-electron chi connectivity index (χ1n) is 7.36. The summed E-state index contributed by atoms with van der Waals surface area (Å²) in [7, 11) is 0. The number of likely N-dealkylation sites (tertiary alicyclic amines) is 1. The van der Waals surface area contributed by atoms with E-state index in [1.54, 1.807) is 6.92 Å². The largest absolute Gasteiger partial charge is 0.382 e. The molecule has 0 atom stereocenters. The number of benzene rings is 1. The van der Waals surface area contributed by atoms with Gasteiger partial charge in [-0.2, -0.15) is 0 Å². The molecule has 0 aromatic heterocycles. The van der Waals surface area contributed by atoms with Crippen LogP contribution in [0.2, 0.25) is 0 Å². The van der Waals surface area contributed by atoms with E-state index in [9.17, 15) is 9.59 Å². The number of hydrogen-bond acceptors (Lipinski definition) is 3. The van der Waals surface area contributed by atoms with E-state index in [0.29, 0.717) is 6.04 Å². The van der Waals surface area contributed by atoms with Crippen molar-refractivity contribution in [1.82, 2.24) is 4.90 Å². The van der Waals surface area contributed by atoms with Crippen molar-refractivity contribution in [2.75, 3.05) is 23.7 Å². The zero-order valence-corrected chi connectivity index (χ0v) is 12.9. The molecule has 114 valence electrons. The lowest BCUT2D eigenvalue weighted by Crippen LogP contribution is -2.41. The van der Waals surface area contributed by atoms with Crippen LogP contribution in [0.4, 0.5) is 11.4 Å². The maximum absolute atomic E-state index is 11.3. The summed E-state index contributed by atoms with van der Waals surface area (Å²) in [4.78, 5) is 24.4. The minimum absolute atomic E-state index is 0.0648. The van der Waals surface area contributed by atoms with Crippen LogP contribution in [0.25, 0.3) is 0 Å². The fourth-order valence-corrected chi connectivity index (χ4v) is 2.61. The van der Waals surface area contributed by atoms with Crippen LogP contribution in [0.3, 0.4) is 0 Å². The Bertz CT molecular complexity index is 534. The molecule has 2 N–H and O–H groups in total. The first kappa shape index (κ1) is 15.4. The lowest BCUT2D eigenvalue weighted by atomic mass is 10.0. The number of piperidine rings is 1. The second-order valence-electron chi connectivity index (χ2n) is 5.64. The van der Waals surface area contributed by atoms with Gasteiger partial charge in [-0.3, -0.25) is 9.59 Å². The molecular formula is C16H23N3O2. The van der Waals surface area contributed by atoms with Crippen LogP contribution in [-0.2, 0) is 9.59 Å². The van der Waals surface area contributed by atoms with Crippen molar-refractivity contribution in [2.45, 2.75) is 39.7 Å². The van der Waals surface area contributed by atoms with Crippen molar-refractivity contribution in [1.29, 1.82) is 0 Å². The molecule has 5 heteroatoms. The molecular weight excluding hydrogens is 266 g/mol. The summed E-state index contributed by atoms with van der Waals surface area (Å²) in [6, 6.07) is 6.36. The summed E-state index contributed by atoms with van der Waals surface area (Å²) in [5.74, 6) is 0.0850. The average Bonchev–Trinajstić information content (AvgIpc) is 2.42. The second kappa shape index (κ2) is 6.61. The number of aryl methyl sites for hydroxylation is 1. The fourth-order valence-electron chi connectivity index (χ4n) is 2.61. The van der Waals surface area contributed by atoms with Crippen molar-refractivity contribution in [3.63, 3.8) is 0 Å². The third-order valence-corrected chi connectivity index (χ3v) is 3.86. The molecule has 1 aromatic carbocycles. The van der Waals surface area contributed by atoms with Crippen LogP contribution < -0.4 is 10.6 Å². The Balaban J connectivity index is 1.97. The van der Waals surface area contributed by atoms with E-state index in [0.717, 1.165) is 42.9 Å².